The smallest absolute Gasteiger partial charge is 0.324 e. The quantitative estimate of drug-likeness (QED) is 0.382. The molecule has 0 fully saturated rings. The first-order chi connectivity index (χ1) is 13.1. The molecule has 0 saturated carbocycles. The van der Waals surface area contributed by atoms with Crippen molar-refractivity contribution in [3.05, 3.63) is 75.9 Å². The van der Waals surface area contributed by atoms with E-state index < -0.39 is 4.92 Å². The van der Waals surface area contributed by atoms with Gasteiger partial charge in [-0.25, -0.2) is 4.98 Å². The number of nitriles is 1. The molecular weight excluding hydrogens is 368 g/mol. The van der Waals surface area contributed by atoms with Gasteiger partial charge >= 0.3 is 5.69 Å². The fourth-order valence-electron chi connectivity index (χ4n) is 2.38. The standard InChI is InChI=1S/C18H13ClN6O2/c19-13-6-8-14(9-7-13)22-18-21-12-16(25(26)27)17(23-18)24(11-10-20)15-4-2-1-3-5-15/h1-9,12H,11H2,(H,21,22,23). The summed E-state index contributed by atoms with van der Waals surface area (Å²) in [5, 5.41) is 24.2. The highest BCUT2D eigenvalue weighted by molar-refractivity contribution is 6.30. The summed E-state index contributed by atoms with van der Waals surface area (Å²) >= 11 is 5.87. The Hall–Kier alpha value is -3.70. The summed E-state index contributed by atoms with van der Waals surface area (Å²) in [7, 11) is 0. The first-order valence-electron chi connectivity index (χ1n) is 7.82. The number of nitro groups is 1. The molecule has 2 aromatic carbocycles. The van der Waals surface area contributed by atoms with E-state index in [1.807, 2.05) is 12.1 Å². The number of benzene rings is 2. The van der Waals surface area contributed by atoms with Crippen LogP contribution in [0.4, 0.5) is 28.8 Å². The van der Waals surface area contributed by atoms with E-state index in [0.29, 0.717) is 16.4 Å². The van der Waals surface area contributed by atoms with Gasteiger partial charge in [0.25, 0.3) is 0 Å². The monoisotopic (exact) mass is 380 g/mol. The lowest BCUT2D eigenvalue weighted by molar-refractivity contribution is -0.384. The highest BCUT2D eigenvalue weighted by Gasteiger charge is 2.24. The summed E-state index contributed by atoms with van der Waals surface area (Å²) in [4.78, 5) is 20.6. The summed E-state index contributed by atoms with van der Waals surface area (Å²) in [6, 6.07) is 17.7. The second-order valence-corrected chi connectivity index (χ2v) is 5.81. The van der Waals surface area contributed by atoms with Gasteiger partial charge in [0.05, 0.1) is 11.0 Å². The summed E-state index contributed by atoms with van der Waals surface area (Å²) in [5.74, 6) is 0.191. The molecule has 0 bridgehead atoms. The first kappa shape index (κ1) is 18.1. The Bertz CT molecular complexity index is 989. The number of hydrogen-bond acceptors (Lipinski definition) is 7. The van der Waals surface area contributed by atoms with Crippen molar-refractivity contribution in [1.29, 1.82) is 5.26 Å². The summed E-state index contributed by atoms with van der Waals surface area (Å²) in [6.45, 7) is -0.109. The topological polar surface area (TPSA) is 108 Å². The highest BCUT2D eigenvalue weighted by Crippen LogP contribution is 2.32. The van der Waals surface area contributed by atoms with Crippen LogP contribution < -0.4 is 10.2 Å². The van der Waals surface area contributed by atoms with Gasteiger partial charge in [-0.05, 0) is 36.4 Å². The Morgan fingerprint density at radius 1 is 1.19 bits per heavy atom. The molecule has 0 spiro atoms. The van der Waals surface area contributed by atoms with Crippen molar-refractivity contribution in [2.45, 2.75) is 0 Å². The average molecular weight is 381 g/mol. The average Bonchev–Trinajstić information content (AvgIpc) is 2.68. The lowest BCUT2D eigenvalue weighted by atomic mass is 10.2. The van der Waals surface area contributed by atoms with Crippen molar-refractivity contribution in [3.8, 4) is 6.07 Å². The molecule has 3 rings (SSSR count). The van der Waals surface area contributed by atoms with E-state index in [0.717, 1.165) is 6.20 Å². The van der Waals surface area contributed by atoms with E-state index >= 15 is 0 Å². The van der Waals surface area contributed by atoms with E-state index in [2.05, 4.69) is 15.3 Å². The molecule has 0 saturated heterocycles. The minimum atomic E-state index is -0.575. The molecule has 0 aliphatic carbocycles. The largest absolute Gasteiger partial charge is 0.330 e. The number of anilines is 4. The molecule has 0 unspecified atom stereocenters. The van der Waals surface area contributed by atoms with Gasteiger partial charge in [-0.2, -0.15) is 10.2 Å². The molecule has 0 amide bonds. The van der Waals surface area contributed by atoms with Gasteiger partial charge in [-0.15, -0.1) is 0 Å². The molecule has 27 heavy (non-hydrogen) atoms. The normalized spacial score (nSPS) is 10.1. The van der Waals surface area contributed by atoms with Crippen molar-refractivity contribution >= 4 is 40.4 Å². The second-order valence-electron chi connectivity index (χ2n) is 5.37. The van der Waals surface area contributed by atoms with Crippen LogP contribution in [0.25, 0.3) is 0 Å². The fraction of sp³-hybridized carbons (Fsp3) is 0.0556. The third-order valence-corrected chi connectivity index (χ3v) is 3.85. The minimum absolute atomic E-state index is 0.0270. The number of para-hydroxylation sites is 1. The summed E-state index contributed by atoms with van der Waals surface area (Å²) in [5.41, 5.74) is 0.986. The van der Waals surface area contributed by atoms with Crippen molar-refractivity contribution < 1.29 is 4.92 Å². The van der Waals surface area contributed by atoms with Gasteiger partial charge in [0.1, 0.15) is 12.7 Å². The van der Waals surface area contributed by atoms with E-state index in [1.165, 1.54) is 4.90 Å². The molecule has 0 atom stereocenters. The van der Waals surface area contributed by atoms with E-state index in [4.69, 9.17) is 11.6 Å². The van der Waals surface area contributed by atoms with E-state index in [1.54, 1.807) is 48.5 Å². The van der Waals surface area contributed by atoms with E-state index in [-0.39, 0.29) is 24.0 Å². The molecule has 1 heterocycles. The number of aromatic nitrogens is 2. The van der Waals surface area contributed by atoms with Crippen LogP contribution in [0.2, 0.25) is 5.02 Å². The molecular formula is C18H13ClN6O2. The first-order valence-corrected chi connectivity index (χ1v) is 8.20. The Morgan fingerprint density at radius 3 is 2.52 bits per heavy atom. The van der Waals surface area contributed by atoms with Gasteiger partial charge in [0.2, 0.25) is 11.8 Å². The zero-order valence-electron chi connectivity index (χ0n) is 13.9. The lowest BCUT2D eigenvalue weighted by Crippen LogP contribution is -2.20. The Morgan fingerprint density at radius 2 is 1.89 bits per heavy atom. The Balaban J connectivity index is 2.04. The SMILES string of the molecule is N#CCN(c1ccccc1)c1nc(Nc2ccc(Cl)cc2)ncc1[N+](=O)[O-]. The second kappa shape index (κ2) is 8.12. The van der Waals surface area contributed by atoms with Crippen molar-refractivity contribution in [2.24, 2.45) is 0 Å². The third kappa shape index (κ3) is 4.29. The van der Waals surface area contributed by atoms with Crippen LogP contribution in [0, 0.1) is 21.4 Å². The molecule has 9 heteroatoms. The number of hydrogen-bond donors (Lipinski definition) is 1. The number of nitrogens with one attached hydrogen (secondary N) is 1. The van der Waals surface area contributed by atoms with Crippen molar-refractivity contribution in [3.63, 3.8) is 0 Å². The molecule has 1 N–H and O–H groups in total. The van der Waals surface area contributed by atoms with Crippen LogP contribution >= 0.6 is 11.6 Å². The van der Waals surface area contributed by atoms with Crippen LogP contribution in [0.5, 0.6) is 0 Å². The van der Waals surface area contributed by atoms with Crippen LogP contribution in [-0.2, 0) is 0 Å². The number of rotatable bonds is 6. The van der Waals surface area contributed by atoms with Crippen LogP contribution in [0.3, 0.4) is 0 Å². The minimum Gasteiger partial charge on any atom is -0.324 e. The maximum atomic E-state index is 11.4. The van der Waals surface area contributed by atoms with Crippen LogP contribution in [-0.4, -0.2) is 21.4 Å². The third-order valence-electron chi connectivity index (χ3n) is 3.60. The summed E-state index contributed by atoms with van der Waals surface area (Å²) in [6.07, 6.45) is 1.12. The van der Waals surface area contributed by atoms with Crippen LogP contribution in [0.15, 0.2) is 60.8 Å². The maximum absolute atomic E-state index is 11.4. The highest BCUT2D eigenvalue weighted by atomic mass is 35.5. The molecule has 1 aromatic heterocycles. The Kier molecular flexibility index (Phi) is 5.44. The molecule has 0 radical (unpaired) electrons. The van der Waals surface area contributed by atoms with Crippen molar-refractivity contribution in [2.75, 3.05) is 16.8 Å². The number of nitrogens with zero attached hydrogens (tertiary/aromatic N) is 5. The predicted octanol–water partition coefficient (Wildman–Crippen LogP) is 4.44. The number of halogens is 1. The van der Waals surface area contributed by atoms with Crippen molar-refractivity contribution in [1.82, 2.24) is 9.97 Å². The van der Waals surface area contributed by atoms with E-state index in [9.17, 15) is 15.4 Å². The summed E-state index contributed by atoms with van der Waals surface area (Å²) < 4.78 is 0. The molecule has 134 valence electrons. The zero-order valence-corrected chi connectivity index (χ0v) is 14.7. The van der Waals surface area contributed by atoms with Gasteiger partial charge in [0.15, 0.2) is 0 Å². The molecule has 0 aliphatic rings. The maximum Gasteiger partial charge on any atom is 0.330 e. The molecule has 8 nitrogen and oxygen atoms in total. The zero-order chi connectivity index (χ0) is 19.2. The van der Waals surface area contributed by atoms with Gasteiger partial charge < -0.3 is 10.2 Å². The lowest BCUT2D eigenvalue weighted by Gasteiger charge is -2.20. The fourth-order valence-corrected chi connectivity index (χ4v) is 2.51. The Labute approximate surface area is 159 Å². The van der Waals surface area contributed by atoms with Gasteiger partial charge in [0, 0.05) is 16.4 Å². The van der Waals surface area contributed by atoms with Gasteiger partial charge in [-0.3, -0.25) is 10.1 Å². The molecule has 3 aromatic rings. The predicted molar refractivity (Wildman–Crippen MR) is 102 cm³/mol. The van der Waals surface area contributed by atoms with Crippen LogP contribution in [0.1, 0.15) is 0 Å². The molecule has 0 aliphatic heterocycles. The van der Waals surface area contributed by atoms with Gasteiger partial charge in [-0.1, -0.05) is 29.8 Å².